The van der Waals surface area contributed by atoms with Crippen LogP contribution in [0.5, 0.6) is 5.75 Å². The second-order valence-corrected chi connectivity index (χ2v) is 5.94. The number of rotatable bonds is 5. The van der Waals surface area contributed by atoms with Crippen LogP contribution in [0.3, 0.4) is 0 Å². The number of hydrogen-bond donors (Lipinski definition) is 1. The minimum absolute atomic E-state index is 0.148. The topological polar surface area (TPSA) is 56.1 Å². The highest BCUT2D eigenvalue weighted by Crippen LogP contribution is 2.23. The first-order valence-corrected chi connectivity index (χ1v) is 8.09. The average molecular weight is 335 g/mol. The quantitative estimate of drug-likeness (QED) is 0.778. The summed E-state index contributed by atoms with van der Waals surface area (Å²) in [6.07, 6.45) is 0. The van der Waals surface area contributed by atoms with Crippen molar-refractivity contribution < 1.29 is 9.53 Å². The lowest BCUT2D eigenvalue weighted by Gasteiger charge is -2.05. The average Bonchev–Trinajstić information content (AvgIpc) is 3.03. The van der Waals surface area contributed by atoms with Crippen LogP contribution in [0.1, 0.15) is 21.6 Å². The minimum atomic E-state index is -0.148. The molecular weight excluding hydrogens is 314 g/mol. The summed E-state index contributed by atoms with van der Waals surface area (Å²) in [4.78, 5) is 12.5. The summed E-state index contributed by atoms with van der Waals surface area (Å²) in [5, 5.41) is 7.38. The summed E-state index contributed by atoms with van der Waals surface area (Å²) in [5.74, 6) is 0.609. The van der Waals surface area contributed by atoms with Gasteiger partial charge in [0, 0.05) is 19.2 Å². The predicted octanol–water partition coefficient (Wildman–Crippen LogP) is 3.33. The van der Waals surface area contributed by atoms with Crippen molar-refractivity contribution in [3.63, 3.8) is 0 Å². The number of methoxy groups -OCH3 is 1. The zero-order valence-corrected chi connectivity index (χ0v) is 14.6. The third-order valence-electron chi connectivity index (χ3n) is 4.05. The first kappa shape index (κ1) is 16.8. The fraction of sp³-hybridized carbons (Fsp3) is 0.200. The molecule has 5 heteroatoms. The van der Waals surface area contributed by atoms with E-state index in [0.717, 1.165) is 22.6 Å². The number of benzene rings is 2. The lowest BCUT2D eigenvalue weighted by molar-refractivity contribution is 0.0941. The van der Waals surface area contributed by atoms with Gasteiger partial charge in [0.25, 0.3) is 5.91 Å². The van der Waals surface area contributed by atoms with Gasteiger partial charge < -0.3 is 10.1 Å². The van der Waals surface area contributed by atoms with Crippen LogP contribution in [0.4, 0.5) is 0 Å². The zero-order chi connectivity index (χ0) is 17.8. The summed E-state index contributed by atoms with van der Waals surface area (Å²) in [6, 6.07) is 17.5. The summed E-state index contributed by atoms with van der Waals surface area (Å²) >= 11 is 0. The van der Waals surface area contributed by atoms with E-state index in [-0.39, 0.29) is 5.91 Å². The molecular formula is C20H21N3O2. The van der Waals surface area contributed by atoms with Crippen molar-refractivity contribution in [2.45, 2.75) is 13.5 Å². The van der Waals surface area contributed by atoms with Gasteiger partial charge in [-0.15, -0.1) is 0 Å². The van der Waals surface area contributed by atoms with E-state index in [1.54, 1.807) is 24.9 Å². The van der Waals surface area contributed by atoms with Crippen LogP contribution in [0.25, 0.3) is 11.3 Å². The van der Waals surface area contributed by atoms with Gasteiger partial charge in [-0.05, 0) is 30.7 Å². The molecule has 0 aliphatic heterocycles. The number of nitrogens with one attached hydrogen (secondary N) is 1. The van der Waals surface area contributed by atoms with Crippen LogP contribution in [-0.2, 0) is 13.6 Å². The van der Waals surface area contributed by atoms with Crippen LogP contribution in [0, 0.1) is 6.92 Å². The standard InChI is InChI=1S/C20H21N3O2/c1-14-7-9-15(10-8-14)13-21-20(24)19-12-18(22-23(19)2)16-5-4-6-17(11-16)25-3/h4-12H,13H2,1-3H3,(H,21,24). The molecule has 1 aromatic heterocycles. The number of amides is 1. The molecule has 1 N–H and O–H groups in total. The highest BCUT2D eigenvalue weighted by atomic mass is 16.5. The Labute approximate surface area is 147 Å². The maximum absolute atomic E-state index is 12.5. The fourth-order valence-corrected chi connectivity index (χ4v) is 2.58. The molecule has 25 heavy (non-hydrogen) atoms. The van der Waals surface area contributed by atoms with E-state index >= 15 is 0 Å². The highest BCUT2D eigenvalue weighted by Gasteiger charge is 2.14. The molecule has 1 heterocycles. The third kappa shape index (κ3) is 3.88. The number of nitrogens with zero attached hydrogens (tertiary/aromatic N) is 2. The molecule has 0 radical (unpaired) electrons. The molecule has 0 fully saturated rings. The van der Waals surface area contributed by atoms with Gasteiger partial charge in [-0.3, -0.25) is 9.48 Å². The van der Waals surface area contributed by atoms with Crippen LogP contribution < -0.4 is 10.1 Å². The van der Waals surface area contributed by atoms with Gasteiger partial charge in [-0.2, -0.15) is 5.10 Å². The normalized spacial score (nSPS) is 10.5. The molecule has 0 aliphatic carbocycles. The molecule has 128 valence electrons. The first-order chi connectivity index (χ1) is 12.1. The van der Waals surface area contributed by atoms with Crippen LogP contribution >= 0.6 is 0 Å². The van der Waals surface area contributed by atoms with Crippen molar-refractivity contribution in [3.05, 3.63) is 71.4 Å². The lowest BCUT2D eigenvalue weighted by atomic mass is 10.1. The Morgan fingerprint density at radius 2 is 1.92 bits per heavy atom. The van der Waals surface area contributed by atoms with Crippen molar-refractivity contribution in [2.75, 3.05) is 7.11 Å². The zero-order valence-electron chi connectivity index (χ0n) is 14.6. The van der Waals surface area contributed by atoms with Gasteiger partial charge in [-0.1, -0.05) is 42.0 Å². The third-order valence-corrected chi connectivity index (χ3v) is 4.05. The molecule has 0 bridgehead atoms. The molecule has 1 amide bonds. The van der Waals surface area contributed by atoms with Crippen molar-refractivity contribution in [2.24, 2.45) is 7.05 Å². The van der Waals surface area contributed by atoms with E-state index in [0.29, 0.717) is 12.2 Å². The van der Waals surface area contributed by atoms with Gasteiger partial charge in [0.2, 0.25) is 0 Å². The number of hydrogen-bond acceptors (Lipinski definition) is 3. The number of carbonyl (C=O) groups is 1. The fourth-order valence-electron chi connectivity index (χ4n) is 2.58. The van der Waals surface area contributed by atoms with E-state index < -0.39 is 0 Å². The smallest absolute Gasteiger partial charge is 0.269 e. The Bertz CT molecular complexity index is 882. The maximum Gasteiger partial charge on any atom is 0.269 e. The summed E-state index contributed by atoms with van der Waals surface area (Å²) in [7, 11) is 3.39. The molecule has 0 aliphatic rings. The molecule has 0 saturated heterocycles. The van der Waals surface area contributed by atoms with Crippen molar-refractivity contribution in [1.82, 2.24) is 15.1 Å². The molecule has 3 rings (SSSR count). The number of carbonyl (C=O) groups excluding carboxylic acids is 1. The second kappa shape index (κ2) is 7.21. The Morgan fingerprint density at radius 1 is 1.16 bits per heavy atom. The maximum atomic E-state index is 12.5. The predicted molar refractivity (Wildman–Crippen MR) is 97.5 cm³/mol. The van der Waals surface area contributed by atoms with E-state index in [2.05, 4.69) is 10.4 Å². The Kier molecular flexibility index (Phi) is 4.84. The van der Waals surface area contributed by atoms with E-state index in [4.69, 9.17) is 4.74 Å². The van der Waals surface area contributed by atoms with Gasteiger partial charge in [0.15, 0.2) is 0 Å². The Balaban J connectivity index is 1.75. The van der Waals surface area contributed by atoms with Crippen molar-refractivity contribution in [3.8, 4) is 17.0 Å². The van der Waals surface area contributed by atoms with Crippen LogP contribution in [-0.4, -0.2) is 22.8 Å². The molecule has 5 nitrogen and oxygen atoms in total. The van der Waals surface area contributed by atoms with E-state index in [1.165, 1.54) is 5.56 Å². The number of aryl methyl sites for hydroxylation is 2. The molecule has 3 aromatic rings. The monoisotopic (exact) mass is 335 g/mol. The van der Waals surface area contributed by atoms with Gasteiger partial charge >= 0.3 is 0 Å². The summed E-state index contributed by atoms with van der Waals surface area (Å²) < 4.78 is 6.84. The largest absolute Gasteiger partial charge is 0.497 e. The van der Waals surface area contributed by atoms with Gasteiger partial charge in [0.05, 0.1) is 12.8 Å². The lowest BCUT2D eigenvalue weighted by Crippen LogP contribution is -2.25. The molecule has 2 aromatic carbocycles. The minimum Gasteiger partial charge on any atom is -0.497 e. The highest BCUT2D eigenvalue weighted by molar-refractivity contribution is 5.93. The molecule has 0 saturated carbocycles. The molecule has 0 atom stereocenters. The van der Waals surface area contributed by atoms with Crippen molar-refractivity contribution >= 4 is 5.91 Å². The van der Waals surface area contributed by atoms with Gasteiger partial charge in [-0.25, -0.2) is 0 Å². The second-order valence-electron chi connectivity index (χ2n) is 5.94. The Hall–Kier alpha value is -3.08. The van der Waals surface area contributed by atoms with E-state index in [1.807, 2.05) is 55.5 Å². The summed E-state index contributed by atoms with van der Waals surface area (Å²) in [6.45, 7) is 2.52. The number of ether oxygens (including phenoxy) is 1. The molecule has 0 unspecified atom stereocenters. The van der Waals surface area contributed by atoms with Crippen molar-refractivity contribution in [1.29, 1.82) is 0 Å². The van der Waals surface area contributed by atoms with Gasteiger partial charge in [0.1, 0.15) is 11.4 Å². The first-order valence-electron chi connectivity index (χ1n) is 8.09. The van der Waals surface area contributed by atoms with Crippen LogP contribution in [0.2, 0.25) is 0 Å². The molecule has 0 spiro atoms. The number of aromatic nitrogens is 2. The SMILES string of the molecule is COc1cccc(-c2cc(C(=O)NCc3ccc(C)cc3)n(C)n2)c1. The van der Waals surface area contributed by atoms with Crippen LogP contribution in [0.15, 0.2) is 54.6 Å². The summed E-state index contributed by atoms with van der Waals surface area (Å²) in [5.41, 5.74) is 4.43. The van der Waals surface area contributed by atoms with E-state index in [9.17, 15) is 4.79 Å². The Morgan fingerprint density at radius 3 is 2.64 bits per heavy atom.